The first-order valence-corrected chi connectivity index (χ1v) is 6.05. The Balaban J connectivity index is 2.66. The third-order valence-electron chi connectivity index (χ3n) is 1.69. The molecule has 0 radical (unpaired) electrons. The normalized spacial score (nSPS) is 11.8. The first-order chi connectivity index (χ1) is 7.49. The average Bonchev–Trinajstić information content (AvgIpc) is 2.26. The topological polar surface area (TPSA) is 89.3 Å². The zero-order valence-electron chi connectivity index (χ0n) is 8.46. The van der Waals surface area contributed by atoms with E-state index in [9.17, 15) is 13.2 Å². The van der Waals surface area contributed by atoms with Crippen LogP contribution in [-0.4, -0.2) is 20.9 Å². The molecule has 0 fully saturated rings. The third-order valence-corrected chi connectivity index (χ3v) is 2.73. The first-order valence-electron chi connectivity index (χ1n) is 4.51. The van der Waals surface area contributed by atoms with Crippen molar-refractivity contribution in [3.63, 3.8) is 0 Å². The first kappa shape index (κ1) is 12.4. The van der Waals surface area contributed by atoms with Gasteiger partial charge in [0.2, 0.25) is 15.9 Å². The second-order valence-corrected chi connectivity index (χ2v) is 4.70. The molecule has 86 valence electrons. The molecule has 0 bridgehead atoms. The maximum absolute atomic E-state index is 11.3. The van der Waals surface area contributed by atoms with Crippen LogP contribution < -0.4 is 10.5 Å². The summed E-state index contributed by atoms with van der Waals surface area (Å²) >= 11 is 0. The third kappa shape index (κ3) is 4.72. The summed E-state index contributed by atoms with van der Waals surface area (Å²) in [4.78, 5) is 10.4. The maximum Gasteiger partial charge on any atom is 0.234 e. The number of carbonyl (C=O) groups excluding carboxylic acids is 1. The molecule has 0 saturated carbocycles. The van der Waals surface area contributed by atoms with Gasteiger partial charge in [0.05, 0.1) is 6.54 Å². The zero-order valence-corrected chi connectivity index (χ0v) is 9.28. The molecule has 1 aromatic rings. The Labute approximate surface area is 94.0 Å². The van der Waals surface area contributed by atoms with Crippen molar-refractivity contribution in [2.75, 3.05) is 6.54 Å². The van der Waals surface area contributed by atoms with Gasteiger partial charge in [0.25, 0.3) is 0 Å². The second kappa shape index (κ2) is 5.43. The minimum absolute atomic E-state index is 0.401. The summed E-state index contributed by atoms with van der Waals surface area (Å²) in [5.74, 6) is -0.725. The number of nitrogens with two attached hydrogens (primary N) is 1. The van der Waals surface area contributed by atoms with E-state index < -0.39 is 22.5 Å². The lowest BCUT2D eigenvalue weighted by Crippen LogP contribution is -2.32. The van der Waals surface area contributed by atoms with Gasteiger partial charge in [-0.05, 0) is 11.6 Å². The van der Waals surface area contributed by atoms with E-state index in [2.05, 4.69) is 0 Å². The minimum Gasteiger partial charge on any atom is -0.369 e. The highest BCUT2D eigenvalue weighted by Crippen LogP contribution is 2.02. The summed E-state index contributed by atoms with van der Waals surface area (Å²) in [5, 5.41) is 0.991. The maximum atomic E-state index is 11.3. The van der Waals surface area contributed by atoms with Crippen molar-refractivity contribution in [2.24, 2.45) is 5.73 Å². The fraction of sp³-hybridized carbons (Fsp3) is 0.100. The Bertz CT molecular complexity index is 480. The molecule has 16 heavy (non-hydrogen) atoms. The van der Waals surface area contributed by atoms with Gasteiger partial charge < -0.3 is 5.73 Å². The van der Waals surface area contributed by atoms with Crippen molar-refractivity contribution in [3.05, 3.63) is 41.3 Å². The van der Waals surface area contributed by atoms with Crippen molar-refractivity contribution >= 4 is 22.0 Å². The van der Waals surface area contributed by atoms with Crippen LogP contribution in [0, 0.1) is 0 Å². The highest BCUT2D eigenvalue weighted by molar-refractivity contribution is 7.92. The monoisotopic (exact) mass is 240 g/mol. The lowest BCUT2D eigenvalue weighted by Gasteiger charge is -1.98. The SMILES string of the molecule is NC(=O)CNS(=O)(=O)C=Cc1ccccc1. The smallest absolute Gasteiger partial charge is 0.234 e. The Morgan fingerprint density at radius 3 is 2.50 bits per heavy atom. The lowest BCUT2D eigenvalue weighted by atomic mass is 10.2. The predicted octanol–water partition coefficient (Wildman–Crippen LogP) is 0.0620. The standard InChI is InChI=1S/C10H12N2O3S/c11-10(13)8-12-16(14,15)7-6-9-4-2-1-3-5-9/h1-7,12H,8H2,(H2,11,13). The van der Waals surface area contributed by atoms with Gasteiger partial charge in [-0.3, -0.25) is 4.79 Å². The van der Waals surface area contributed by atoms with Gasteiger partial charge in [-0.25, -0.2) is 13.1 Å². The number of primary amides is 1. The molecule has 6 heteroatoms. The van der Waals surface area contributed by atoms with E-state index in [0.29, 0.717) is 0 Å². The summed E-state index contributed by atoms with van der Waals surface area (Å²) in [5.41, 5.74) is 5.57. The van der Waals surface area contributed by atoms with Crippen LogP contribution in [0.15, 0.2) is 35.7 Å². The molecule has 0 aliphatic rings. The molecule has 0 unspecified atom stereocenters. The van der Waals surface area contributed by atoms with Crippen molar-refractivity contribution in [3.8, 4) is 0 Å². The fourth-order valence-corrected chi connectivity index (χ4v) is 1.73. The molecular weight excluding hydrogens is 228 g/mol. The Morgan fingerprint density at radius 2 is 1.94 bits per heavy atom. The number of amides is 1. The fourth-order valence-electron chi connectivity index (χ4n) is 0.952. The van der Waals surface area contributed by atoms with Crippen LogP contribution in [0.5, 0.6) is 0 Å². The molecule has 0 heterocycles. The van der Waals surface area contributed by atoms with Crippen LogP contribution in [0.3, 0.4) is 0 Å². The number of sulfonamides is 1. The van der Waals surface area contributed by atoms with Crippen molar-refractivity contribution in [1.82, 2.24) is 4.72 Å². The number of rotatable bonds is 5. The summed E-state index contributed by atoms with van der Waals surface area (Å²) in [7, 11) is -3.61. The lowest BCUT2D eigenvalue weighted by molar-refractivity contribution is -0.116. The van der Waals surface area contributed by atoms with Crippen LogP contribution in [0.2, 0.25) is 0 Å². The van der Waals surface area contributed by atoms with Crippen LogP contribution in [0.4, 0.5) is 0 Å². The van der Waals surface area contributed by atoms with E-state index in [1.54, 1.807) is 24.3 Å². The predicted molar refractivity (Wildman–Crippen MR) is 61.6 cm³/mol. The average molecular weight is 240 g/mol. The van der Waals surface area contributed by atoms with Crippen LogP contribution >= 0.6 is 0 Å². The van der Waals surface area contributed by atoms with Gasteiger partial charge in [-0.15, -0.1) is 0 Å². The van der Waals surface area contributed by atoms with Crippen molar-refractivity contribution in [2.45, 2.75) is 0 Å². The zero-order chi connectivity index (χ0) is 12.0. The van der Waals surface area contributed by atoms with Crippen molar-refractivity contribution < 1.29 is 13.2 Å². The van der Waals surface area contributed by atoms with Gasteiger partial charge in [-0.2, -0.15) is 0 Å². The van der Waals surface area contributed by atoms with Gasteiger partial charge in [-0.1, -0.05) is 30.3 Å². The van der Waals surface area contributed by atoms with E-state index in [1.165, 1.54) is 6.08 Å². The molecular formula is C10H12N2O3S. The largest absolute Gasteiger partial charge is 0.369 e. The van der Waals surface area contributed by atoms with Crippen LogP contribution in [0.25, 0.3) is 6.08 Å². The molecule has 1 rings (SSSR count). The van der Waals surface area contributed by atoms with E-state index in [4.69, 9.17) is 5.73 Å². The number of nitrogens with one attached hydrogen (secondary N) is 1. The van der Waals surface area contributed by atoms with E-state index in [-0.39, 0.29) is 0 Å². The summed E-state index contributed by atoms with van der Waals surface area (Å²) in [6.07, 6.45) is 1.43. The quantitative estimate of drug-likeness (QED) is 0.762. The van der Waals surface area contributed by atoms with E-state index in [1.807, 2.05) is 10.8 Å². The molecule has 0 spiro atoms. The molecule has 0 saturated heterocycles. The van der Waals surface area contributed by atoms with Gasteiger partial charge in [0.1, 0.15) is 0 Å². The molecule has 5 nitrogen and oxygen atoms in total. The Morgan fingerprint density at radius 1 is 1.31 bits per heavy atom. The highest BCUT2D eigenvalue weighted by Gasteiger charge is 2.05. The number of benzene rings is 1. The molecule has 1 amide bonds. The van der Waals surface area contributed by atoms with Crippen LogP contribution in [0.1, 0.15) is 5.56 Å². The van der Waals surface area contributed by atoms with Crippen LogP contribution in [-0.2, 0) is 14.8 Å². The van der Waals surface area contributed by atoms with Gasteiger partial charge >= 0.3 is 0 Å². The van der Waals surface area contributed by atoms with Gasteiger partial charge in [0.15, 0.2) is 0 Å². The van der Waals surface area contributed by atoms with E-state index >= 15 is 0 Å². The summed E-state index contributed by atoms with van der Waals surface area (Å²) in [6, 6.07) is 8.95. The number of hydrogen-bond donors (Lipinski definition) is 2. The second-order valence-electron chi connectivity index (χ2n) is 3.05. The minimum atomic E-state index is -3.61. The Hall–Kier alpha value is -1.66. The highest BCUT2D eigenvalue weighted by atomic mass is 32.2. The van der Waals surface area contributed by atoms with Gasteiger partial charge in [0, 0.05) is 5.41 Å². The summed E-state index contributed by atoms with van der Waals surface area (Å²) in [6.45, 7) is -0.401. The molecule has 0 aliphatic carbocycles. The molecule has 0 aliphatic heterocycles. The van der Waals surface area contributed by atoms with E-state index in [0.717, 1.165) is 11.0 Å². The Kier molecular flexibility index (Phi) is 4.21. The molecule has 3 N–H and O–H groups in total. The number of hydrogen-bond acceptors (Lipinski definition) is 3. The van der Waals surface area contributed by atoms with Crippen molar-refractivity contribution in [1.29, 1.82) is 0 Å². The number of carbonyl (C=O) groups is 1. The molecule has 0 atom stereocenters. The summed E-state index contributed by atoms with van der Waals surface area (Å²) < 4.78 is 24.6. The molecule has 0 aromatic heterocycles. The molecule has 1 aromatic carbocycles.